The topological polar surface area (TPSA) is 53.8 Å². The third-order valence-electron chi connectivity index (χ3n) is 4.70. The number of hydrogen-bond acceptors (Lipinski definition) is 4. The van der Waals surface area contributed by atoms with Crippen LogP contribution in [0.2, 0.25) is 0 Å². The van der Waals surface area contributed by atoms with E-state index in [4.69, 9.17) is 4.42 Å². The molecule has 0 radical (unpaired) electrons. The van der Waals surface area contributed by atoms with Gasteiger partial charge in [0.1, 0.15) is 5.76 Å². The molecule has 0 N–H and O–H groups in total. The Morgan fingerprint density at radius 2 is 2.00 bits per heavy atom. The molecule has 1 aliphatic carbocycles. The summed E-state index contributed by atoms with van der Waals surface area (Å²) >= 11 is 0. The van der Waals surface area contributed by atoms with E-state index in [0.717, 1.165) is 24.5 Å². The van der Waals surface area contributed by atoms with E-state index in [1.165, 1.54) is 17.1 Å². The van der Waals surface area contributed by atoms with Gasteiger partial charge in [-0.3, -0.25) is 4.90 Å². The highest BCUT2D eigenvalue weighted by atomic mass is 32.2. The number of hydrogen-bond donors (Lipinski definition) is 0. The van der Waals surface area contributed by atoms with Crippen LogP contribution in [0.4, 0.5) is 0 Å². The van der Waals surface area contributed by atoms with Gasteiger partial charge in [0.15, 0.2) is 0 Å². The smallest absolute Gasteiger partial charge is 0.276 e. The SMILES string of the molecule is C[C@@H](C1CC1)N(C)Cc1ccc(S(=O)(=O)N2CCCC2)o1. The maximum Gasteiger partial charge on any atom is 0.276 e. The van der Waals surface area contributed by atoms with Crippen molar-refractivity contribution in [2.75, 3.05) is 20.1 Å². The summed E-state index contributed by atoms with van der Waals surface area (Å²) in [5.41, 5.74) is 0. The van der Waals surface area contributed by atoms with Crippen molar-refractivity contribution < 1.29 is 12.8 Å². The summed E-state index contributed by atoms with van der Waals surface area (Å²) in [6.45, 7) is 4.10. The predicted molar refractivity (Wildman–Crippen MR) is 80.4 cm³/mol. The molecule has 21 heavy (non-hydrogen) atoms. The predicted octanol–water partition coefficient (Wildman–Crippen LogP) is 2.29. The van der Waals surface area contributed by atoms with Gasteiger partial charge in [0.25, 0.3) is 10.0 Å². The number of sulfonamides is 1. The minimum atomic E-state index is -3.43. The van der Waals surface area contributed by atoms with Gasteiger partial charge in [-0.25, -0.2) is 8.42 Å². The van der Waals surface area contributed by atoms with Crippen molar-refractivity contribution in [3.8, 4) is 0 Å². The molecule has 6 heteroatoms. The van der Waals surface area contributed by atoms with E-state index in [-0.39, 0.29) is 5.09 Å². The summed E-state index contributed by atoms with van der Waals surface area (Å²) in [5.74, 6) is 1.51. The molecule has 0 amide bonds. The highest BCUT2D eigenvalue weighted by Gasteiger charge is 2.32. The first-order chi connectivity index (χ1) is 9.98. The quantitative estimate of drug-likeness (QED) is 0.809. The van der Waals surface area contributed by atoms with Crippen LogP contribution in [-0.4, -0.2) is 43.8 Å². The highest BCUT2D eigenvalue weighted by molar-refractivity contribution is 7.89. The van der Waals surface area contributed by atoms with Crippen molar-refractivity contribution in [1.82, 2.24) is 9.21 Å². The van der Waals surface area contributed by atoms with Gasteiger partial charge in [0.05, 0.1) is 6.54 Å². The van der Waals surface area contributed by atoms with Crippen molar-refractivity contribution in [3.63, 3.8) is 0 Å². The molecule has 0 aromatic carbocycles. The van der Waals surface area contributed by atoms with Crippen LogP contribution >= 0.6 is 0 Å². The van der Waals surface area contributed by atoms with Crippen LogP contribution in [0.3, 0.4) is 0 Å². The highest BCUT2D eigenvalue weighted by Crippen LogP contribution is 2.35. The molecule has 1 atom stereocenters. The minimum Gasteiger partial charge on any atom is -0.447 e. The molecule has 1 aliphatic heterocycles. The standard InChI is InChI=1S/C15H24N2O3S/c1-12(13-5-6-13)16(2)11-14-7-8-15(20-14)21(18,19)17-9-3-4-10-17/h7-8,12-13H,3-6,9-11H2,1-2H3/t12-/m0/s1. The molecule has 3 rings (SSSR count). The number of nitrogens with zero attached hydrogens (tertiary/aromatic N) is 2. The third kappa shape index (κ3) is 3.17. The van der Waals surface area contributed by atoms with Crippen molar-refractivity contribution in [3.05, 3.63) is 17.9 Å². The molecule has 0 unspecified atom stereocenters. The molecule has 1 aromatic heterocycles. The molecule has 2 heterocycles. The summed E-state index contributed by atoms with van der Waals surface area (Å²) in [6, 6.07) is 3.91. The Morgan fingerprint density at radius 3 is 2.62 bits per heavy atom. The second-order valence-corrected chi connectivity index (χ2v) is 8.19. The molecular formula is C15H24N2O3S. The van der Waals surface area contributed by atoms with Crippen LogP contribution in [0.5, 0.6) is 0 Å². The normalized spacial score (nSPS) is 22.0. The Morgan fingerprint density at radius 1 is 1.33 bits per heavy atom. The zero-order valence-corrected chi connectivity index (χ0v) is 13.6. The largest absolute Gasteiger partial charge is 0.447 e. The zero-order valence-electron chi connectivity index (χ0n) is 12.8. The van der Waals surface area contributed by atoms with Gasteiger partial charge < -0.3 is 4.42 Å². The molecule has 5 nitrogen and oxygen atoms in total. The van der Waals surface area contributed by atoms with E-state index in [1.54, 1.807) is 12.1 Å². The lowest BCUT2D eigenvalue weighted by Crippen LogP contribution is -2.30. The summed E-state index contributed by atoms with van der Waals surface area (Å²) in [6.07, 6.45) is 4.49. The Hall–Kier alpha value is -0.850. The van der Waals surface area contributed by atoms with E-state index < -0.39 is 10.0 Å². The maximum atomic E-state index is 12.4. The number of furan rings is 1. The molecule has 1 aromatic rings. The van der Waals surface area contributed by atoms with E-state index in [9.17, 15) is 8.42 Å². The Bertz CT molecular complexity index is 586. The molecular weight excluding hydrogens is 288 g/mol. The number of rotatable bonds is 6. The van der Waals surface area contributed by atoms with Gasteiger partial charge in [-0.15, -0.1) is 0 Å². The monoisotopic (exact) mass is 312 g/mol. The van der Waals surface area contributed by atoms with Gasteiger partial charge in [-0.1, -0.05) is 0 Å². The van der Waals surface area contributed by atoms with E-state index in [1.807, 2.05) is 0 Å². The van der Waals surface area contributed by atoms with Gasteiger partial charge in [-0.05, 0) is 57.7 Å². The van der Waals surface area contributed by atoms with Crippen LogP contribution in [0.1, 0.15) is 38.4 Å². The second-order valence-electron chi connectivity index (χ2n) is 6.33. The van der Waals surface area contributed by atoms with Gasteiger partial charge in [0, 0.05) is 19.1 Å². The van der Waals surface area contributed by atoms with Crippen molar-refractivity contribution in [2.24, 2.45) is 5.92 Å². The molecule has 0 spiro atoms. The van der Waals surface area contributed by atoms with Gasteiger partial charge >= 0.3 is 0 Å². The molecule has 1 saturated carbocycles. The van der Waals surface area contributed by atoms with Gasteiger partial charge in [-0.2, -0.15) is 4.31 Å². The lowest BCUT2D eigenvalue weighted by Gasteiger charge is -2.23. The lowest BCUT2D eigenvalue weighted by atomic mass is 10.2. The first-order valence-electron chi connectivity index (χ1n) is 7.77. The first kappa shape index (κ1) is 15.1. The van der Waals surface area contributed by atoms with E-state index in [0.29, 0.717) is 25.7 Å². The van der Waals surface area contributed by atoms with Crippen molar-refractivity contribution in [1.29, 1.82) is 0 Å². The summed E-state index contributed by atoms with van der Waals surface area (Å²) < 4.78 is 31.9. The maximum absolute atomic E-state index is 12.4. The minimum absolute atomic E-state index is 0.0897. The fourth-order valence-corrected chi connectivity index (χ4v) is 4.41. The molecule has 2 fully saturated rings. The van der Waals surface area contributed by atoms with Crippen molar-refractivity contribution in [2.45, 2.75) is 50.3 Å². The van der Waals surface area contributed by atoms with Crippen LogP contribution < -0.4 is 0 Å². The first-order valence-corrected chi connectivity index (χ1v) is 9.21. The summed E-state index contributed by atoms with van der Waals surface area (Å²) in [5, 5.41) is 0.0897. The molecule has 2 aliphatic rings. The molecule has 1 saturated heterocycles. The summed E-state index contributed by atoms with van der Waals surface area (Å²) in [4.78, 5) is 2.24. The average molecular weight is 312 g/mol. The van der Waals surface area contributed by atoms with Crippen LogP contribution in [0, 0.1) is 5.92 Å². The van der Waals surface area contributed by atoms with E-state index >= 15 is 0 Å². The lowest BCUT2D eigenvalue weighted by molar-refractivity contribution is 0.204. The fraction of sp³-hybridized carbons (Fsp3) is 0.733. The zero-order chi connectivity index (χ0) is 15.0. The third-order valence-corrected chi connectivity index (χ3v) is 6.47. The molecule has 118 valence electrons. The van der Waals surface area contributed by atoms with Crippen LogP contribution in [0.15, 0.2) is 21.6 Å². The second kappa shape index (κ2) is 5.74. The van der Waals surface area contributed by atoms with Crippen molar-refractivity contribution >= 4 is 10.0 Å². The van der Waals surface area contributed by atoms with E-state index in [2.05, 4.69) is 18.9 Å². The Balaban J connectivity index is 1.68. The molecule has 0 bridgehead atoms. The fourth-order valence-electron chi connectivity index (χ4n) is 2.97. The Kier molecular flexibility index (Phi) is 4.12. The van der Waals surface area contributed by atoms with Crippen LogP contribution in [-0.2, 0) is 16.6 Å². The average Bonchev–Trinajstić information content (AvgIpc) is 2.94. The Labute approximate surface area is 127 Å². The van der Waals surface area contributed by atoms with Gasteiger partial charge in [0.2, 0.25) is 5.09 Å². The summed E-state index contributed by atoms with van der Waals surface area (Å²) in [7, 11) is -1.36. The van der Waals surface area contributed by atoms with Crippen LogP contribution in [0.25, 0.3) is 0 Å².